The molecule has 3 aliphatic heterocycles. The molecule has 0 saturated carbocycles. The molecule has 3 saturated heterocycles. The van der Waals surface area contributed by atoms with Crippen molar-refractivity contribution in [2.75, 3.05) is 18.9 Å². The van der Waals surface area contributed by atoms with E-state index in [0.29, 0.717) is 0 Å². The van der Waals surface area contributed by atoms with Crippen LogP contribution in [0.5, 0.6) is 0 Å². The fourth-order valence-corrected chi connectivity index (χ4v) is 7.29. The monoisotopic (exact) mass is 660 g/mol. The number of alkyl halides is 1. The quantitative estimate of drug-likeness (QED) is 0.216. The van der Waals surface area contributed by atoms with Crippen molar-refractivity contribution in [3.8, 4) is 0 Å². The van der Waals surface area contributed by atoms with Crippen LogP contribution in [0, 0.1) is 5.82 Å². The van der Waals surface area contributed by atoms with Gasteiger partial charge in [0.2, 0.25) is 0 Å². The van der Waals surface area contributed by atoms with Crippen molar-refractivity contribution >= 4 is 46.1 Å². The molecule has 8 atom stereocenters. The fourth-order valence-electron chi connectivity index (χ4n) is 5.38. The number of phosphoric ester groups is 1. The van der Waals surface area contributed by atoms with Crippen molar-refractivity contribution in [1.82, 2.24) is 38.8 Å². The Hall–Kier alpha value is -3.47. The van der Waals surface area contributed by atoms with Crippen LogP contribution in [0.3, 0.4) is 0 Å². The standard InChI is InChI=1S/C21H22F2N9O10PS/c22-8-3-31(18-13(8)20(33)28-6-26-18)12-1-9-11(39-12)4-38-43(34,35)41-16-10(2-30-44(36,37)42-9)40-21(14(16)23)32-7-29-15-17(24)25-5-27-19(15)32/h3,5-7,9-12,14,16,21,30H,1-2,4H2,(H,34,35)(H2,24,25,27)(H,26,28,33)/p-1/t9-,10+,11+,12+,14+,16+,21+/m0/s1. The number of aromatic amines is 1. The van der Waals surface area contributed by atoms with Gasteiger partial charge >= 0.3 is 10.3 Å². The van der Waals surface area contributed by atoms with Gasteiger partial charge in [-0.15, -0.1) is 0 Å². The third-order valence-electron chi connectivity index (χ3n) is 7.35. The van der Waals surface area contributed by atoms with Gasteiger partial charge in [0, 0.05) is 19.2 Å². The maximum atomic E-state index is 15.8. The van der Waals surface area contributed by atoms with Crippen LogP contribution < -0.4 is 20.9 Å². The van der Waals surface area contributed by atoms with Crippen LogP contribution in [0.4, 0.5) is 14.6 Å². The van der Waals surface area contributed by atoms with Crippen molar-refractivity contribution in [1.29, 1.82) is 0 Å². The number of nitrogens with one attached hydrogen (secondary N) is 2. The molecule has 7 heterocycles. The molecule has 3 fully saturated rings. The van der Waals surface area contributed by atoms with E-state index in [2.05, 4.69) is 29.6 Å². The van der Waals surface area contributed by atoms with Crippen molar-refractivity contribution in [3.05, 3.63) is 41.3 Å². The van der Waals surface area contributed by atoms with Crippen LogP contribution in [0.15, 0.2) is 30.0 Å². The third-order valence-corrected chi connectivity index (χ3v) is 9.33. The number of nitrogens with zero attached hydrogens (tertiary/aromatic N) is 6. The highest BCUT2D eigenvalue weighted by Crippen LogP contribution is 2.47. The molecule has 7 rings (SSSR count). The van der Waals surface area contributed by atoms with E-state index in [1.165, 1.54) is 0 Å². The van der Waals surface area contributed by atoms with E-state index in [0.717, 1.165) is 34.3 Å². The summed E-state index contributed by atoms with van der Waals surface area (Å²) in [6.45, 7) is -1.51. The van der Waals surface area contributed by atoms with E-state index < -0.39 is 85.7 Å². The second-order valence-corrected chi connectivity index (χ2v) is 12.8. The van der Waals surface area contributed by atoms with Gasteiger partial charge in [-0.25, -0.2) is 28.7 Å². The first-order valence-corrected chi connectivity index (χ1v) is 15.7. The number of imidazole rings is 1. The Morgan fingerprint density at radius 1 is 1.11 bits per heavy atom. The maximum Gasteiger partial charge on any atom is 0.336 e. The molecule has 3 aliphatic rings. The largest absolute Gasteiger partial charge is 0.756 e. The highest BCUT2D eigenvalue weighted by atomic mass is 32.2. The predicted octanol–water partition coefficient (Wildman–Crippen LogP) is -1.09. The first kappa shape index (κ1) is 29.3. The number of halogens is 2. The molecule has 0 spiro atoms. The Morgan fingerprint density at radius 3 is 2.75 bits per heavy atom. The molecular weight excluding hydrogens is 639 g/mol. The molecule has 23 heteroatoms. The summed E-state index contributed by atoms with van der Waals surface area (Å²) >= 11 is 0. The second-order valence-electron chi connectivity index (χ2n) is 10.0. The molecule has 19 nitrogen and oxygen atoms in total. The zero-order valence-corrected chi connectivity index (χ0v) is 23.6. The number of fused-ring (bicyclic) bond motifs is 4. The molecule has 236 valence electrons. The summed E-state index contributed by atoms with van der Waals surface area (Å²) in [5.74, 6) is -0.916. The fraction of sp³-hybridized carbons (Fsp3) is 0.476. The zero-order valence-electron chi connectivity index (χ0n) is 21.9. The lowest BCUT2D eigenvalue weighted by Gasteiger charge is -2.31. The molecule has 0 radical (unpaired) electrons. The number of aromatic nitrogens is 7. The van der Waals surface area contributed by atoms with E-state index >= 15 is 4.39 Å². The summed E-state index contributed by atoms with van der Waals surface area (Å²) in [5.41, 5.74) is 5.12. The predicted molar refractivity (Wildman–Crippen MR) is 138 cm³/mol. The van der Waals surface area contributed by atoms with Gasteiger partial charge in [-0.05, 0) is 0 Å². The van der Waals surface area contributed by atoms with Crippen LogP contribution in [0.2, 0.25) is 0 Å². The van der Waals surface area contributed by atoms with Gasteiger partial charge in [-0.3, -0.25) is 18.1 Å². The molecule has 4 aromatic rings. The van der Waals surface area contributed by atoms with E-state index in [-0.39, 0.29) is 34.4 Å². The van der Waals surface area contributed by atoms with Crippen molar-refractivity contribution in [3.63, 3.8) is 0 Å². The number of nitrogen functional groups attached to an aromatic ring is 1. The van der Waals surface area contributed by atoms with E-state index in [1.807, 2.05) is 0 Å². The summed E-state index contributed by atoms with van der Waals surface area (Å²) in [6, 6.07) is 0. The normalized spacial score (nSPS) is 34.4. The summed E-state index contributed by atoms with van der Waals surface area (Å²) in [7, 11) is -9.91. The molecule has 0 aromatic carbocycles. The summed E-state index contributed by atoms with van der Waals surface area (Å²) in [5, 5.41) is -0.365. The SMILES string of the molecule is Nc1ncnc2c1ncn2[C@@H]1O[C@@H]2CNS(=O)(=O)O[C@H]3C[C@H](n4cc(F)c5c(=O)[nH]cnc54)O[C@@H]3COP(=O)([O-])O[C@H]2[C@H]1F. The minimum absolute atomic E-state index is 0.00212. The van der Waals surface area contributed by atoms with Crippen LogP contribution in [-0.2, 0) is 37.6 Å². The smallest absolute Gasteiger partial charge is 0.336 e. The zero-order chi connectivity index (χ0) is 31.0. The second kappa shape index (κ2) is 10.6. The van der Waals surface area contributed by atoms with E-state index in [4.69, 9.17) is 28.4 Å². The Morgan fingerprint density at radius 2 is 1.93 bits per heavy atom. The number of ether oxygens (including phenoxy) is 2. The number of hydrogen-bond acceptors (Lipinski definition) is 15. The number of phosphoric acid groups is 1. The molecule has 4 N–H and O–H groups in total. The van der Waals surface area contributed by atoms with Gasteiger partial charge in [-0.2, -0.15) is 13.1 Å². The van der Waals surface area contributed by atoms with Crippen LogP contribution in [-0.4, -0.2) is 86.2 Å². The molecule has 1 unspecified atom stereocenters. The Balaban J connectivity index is 1.16. The lowest BCUT2D eigenvalue weighted by Crippen LogP contribution is -2.44. The molecule has 0 aliphatic carbocycles. The minimum Gasteiger partial charge on any atom is -0.756 e. The van der Waals surface area contributed by atoms with Crippen molar-refractivity contribution in [2.24, 2.45) is 0 Å². The summed E-state index contributed by atoms with van der Waals surface area (Å²) in [4.78, 5) is 43.0. The van der Waals surface area contributed by atoms with Gasteiger partial charge in [-0.1, -0.05) is 0 Å². The minimum atomic E-state index is -5.30. The number of anilines is 1. The Bertz CT molecular complexity index is 1970. The highest BCUT2D eigenvalue weighted by molar-refractivity contribution is 7.84. The topological polar surface area (TPSA) is 253 Å². The van der Waals surface area contributed by atoms with Crippen LogP contribution in [0.1, 0.15) is 18.9 Å². The maximum absolute atomic E-state index is 15.8. The highest BCUT2D eigenvalue weighted by Gasteiger charge is 2.50. The van der Waals surface area contributed by atoms with Gasteiger partial charge in [0.05, 0.1) is 19.3 Å². The first-order valence-electron chi connectivity index (χ1n) is 12.8. The van der Waals surface area contributed by atoms with Crippen molar-refractivity contribution in [2.45, 2.75) is 49.5 Å². The van der Waals surface area contributed by atoms with E-state index in [9.17, 15) is 27.1 Å². The van der Waals surface area contributed by atoms with Gasteiger partial charge in [0.25, 0.3) is 13.4 Å². The molecule has 0 bridgehead atoms. The van der Waals surface area contributed by atoms with Crippen molar-refractivity contribution < 1.29 is 49.4 Å². The molecule has 4 aromatic heterocycles. The van der Waals surface area contributed by atoms with Crippen LogP contribution in [0.25, 0.3) is 22.2 Å². The number of H-pyrrole nitrogens is 1. The van der Waals surface area contributed by atoms with E-state index in [1.54, 1.807) is 0 Å². The number of hydrogen-bond donors (Lipinski definition) is 3. The number of nitrogens with two attached hydrogens (primary N) is 1. The van der Waals surface area contributed by atoms with Gasteiger partial charge < -0.3 is 38.7 Å². The van der Waals surface area contributed by atoms with Gasteiger partial charge in [0.1, 0.15) is 47.9 Å². The average Bonchev–Trinajstić information content (AvgIpc) is 3.72. The van der Waals surface area contributed by atoms with Gasteiger partial charge in [0.15, 0.2) is 35.3 Å². The summed E-state index contributed by atoms with van der Waals surface area (Å²) < 4.78 is 100. The van der Waals surface area contributed by atoms with Crippen LogP contribution >= 0.6 is 7.82 Å². The Labute approximate surface area is 244 Å². The first-order chi connectivity index (χ1) is 20.9. The summed E-state index contributed by atoms with van der Waals surface area (Å²) in [6.07, 6.45) is -7.02. The average molecular weight is 660 g/mol. The third kappa shape index (κ3) is 5.06. The lowest BCUT2D eigenvalue weighted by molar-refractivity contribution is -0.235. The lowest BCUT2D eigenvalue weighted by atomic mass is 10.1. The molecule has 0 amide bonds. The number of rotatable bonds is 2. The molecular formula is C21H21F2N9O10PS-. The molecule has 44 heavy (non-hydrogen) atoms. The Kier molecular flexibility index (Phi) is 7.02.